The molecular weight excluding hydrogens is 419 g/mol. The molecule has 166 valence electrons. The van der Waals surface area contributed by atoms with Crippen molar-refractivity contribution < 1.29 is 9.13 Å². The lowest BCUT2D eigenvalue weighted by atomic mass is 9.94. The van der Waals surface area contributed by atoms with Crippen molar-refractivity contribution in [1.82, 2.24) is 30.5 Å². The minimum Gasteiger partial charge on any atom is -0.497 e. The molecule has 0 bridgehead atoms. The van der Waals surface area contributed by atoms with Crippen LogP contribution in [0, 0.1) is 5.82 Å². The van der Waals surface area contributed by atoms with Crippen molar-refractivity contribution in [3.8, 4) is 28.4 Å². The predicted octanol–water partition coefficient (Wildman–Crippen LogP) is 4.78. The van der Waals surface area contributed by atoms with E-state index in [9.17, 15) is 4.39 Å². The van der Waals surface area contributed by atoms with Crippen LogP contribution in [0.2, 0.25) is 0 Å². The fourth-order valence-corrected chi connectivity index (χ4v) is 4.68. The molecule has 0 spiro atoms. The van der Waals surface area contributed by atoms with E-state index in [1.54, 1.807) is 12.3 Å². The highest BCUT2D eigenvalue weighted by Crippen LogP contribution is 2.34. The van der Waals surface area contributed by atoms with Gasteiger partial charge in [-0.25, -0.2) is 9.37 Å². The van der Waals surface area contributed by atoms with Gasteiger partial charge in [-0.2, -0.15) is 5.10 Å². The molecule has 0 radical (unpaired) electrons. The number of fused-ring (bicyclic) bond motifs is 2. The lowest BCUT2D eigenvalue weighted by Crippen LogP contribution is -2.27. The minimum atomic E-state index is -0.369. The third-order valence-electron chi connectivity index (χ3n) is 6.37. The van der Waals surface area contributed by atoms with Crippen molar-refractivity contribution >= 4 is 21.9 Å². The molecule has 0 unspecified atom stereocenters. The van der Waals surface area contributed by atoms with Gasteiger partial charge in [-0.15, -0.1) is 0 Å². The number of aromatic nitrogens is 5. The topological polar surface area (TPSA) is 91.5 Å². The number of halogens is 1. The Bertz CT molecular complexity index is 1470. The molecule has 3 N–H and O–H groups in total. The average Bonchev–Trinajstić information content (AvgIpc) is 3.47. The maximum absolute atomic E-state index is 14.2. The number of nitrogens with zero attached hydrogens (tertiary/aromatic N) is 3. The van der Waals surface area contributed by atoms with Crippen molar-refractivity contribution in [2.24, 2.45) is 0 Å². The molecule has 8 heteroatoms. The summed E-state index contributed by atoms with van der Waals surface area (Å²) in [6.07, 6.45) is 3.89. The summed E-state index contributed by atoms with van der Waals surface area (Å²) in [6.45, 7) is 2.04. The number of benzene rings is 1. The maximum atomic E-state index is 14.2. The summed E-state index contributed by atoms with van der Waals surface area (Å²) in [5.74, 6) is 0.541. The Morgan fingerprint density at radius 2 is 1.88 bits per heavy atom. The summed E-state index contributed by atoms with van der Waals surface area (Å²) in [5, 5.41) is 12.0. The van der Waals surface area contributed by atoms with E-state index in [-0.39, 0.29) is 5.82 Å². The van der Waals surface area contributed by atoms with Crippen molar-refractivity contribution in [2.45, 2.75) is 18.8 Å². The zero-order valence-electron chi connectivity index (χ0n) is 18.2. The number of rotatable bonds is 4. The second-order valence-corrected chi connectivity index (χ2v) is 8.41. The molecule has 1 fully saturated rings. The van der Waals surface area contributed by atoms with Gasteiger partial charge >= 0.3 is 0 Å². The molecule has 5 aromatic rings. The van der Waals surface area contributed by atoms with Crippen LogP contribution in [0.1, 0.15) is 24.5 Å². The molecule has 5 heterocycles. The van der Waals surface area contributed by atoms with Gasteiger partial charge in [-0.1, -0.05) is 0 Å². The molecule has 0 amide bonds. The zero-order valence-corrected chi connectivity index (χ0v) is 18.2. The second-order valence-electron chi connectivity index (χ2n) is 8.41. The molecule has 1 aliphatic heterocycles. The molecule has 1 saturated heterocycles. The SMILES string of the molecule is COc1cc(F)cc(-c2nccc3[nH]c(-c4n[nH]c5ccc(C6CCNCC6)nc45)cc23)c1. The van der Waals surface area contributed by atoms with Crippen LogP contribution in [-0.4, -0.2) is 45.3 Å². The number of hydrogen-bond acceptors (Lipinski definition) is 5. The third-order valence-corrected chi connectivity index (χ3v) is 6.37. The van der Waals surface area contributed by atoms with Crippen LogP contribution in [0.4, 0.5) is 4.39 Å². The molecule has 1 aromatic carbocycles. The van der Waals surface area contributed by atoms with E-state index in [4.69, 9.17) is 9.72 Å². The van der Waals surface area contributed by atoms with Crippen LogP contribution in [0.3, 0.4) is 0 Å². The van der Waals surface area contributed by atoms with E-state index in [1.807, 2.05) is 12.1 Å². The predicted molar refractivity (Wildman–Crippen MR) is 126 cm³/mol. The van der Waals surface area contributed by atoms with E-state index in [0.717, 1.165) is 64.9 Å². The van der Waals surface area contributed by atoms with Gasteiger partial charge in [-0.3, -0.25) is 10.1 Å². The zero-order chi connectivity index (χ0) is 22.4. The highest BCUT2D eigenvalue weighted by atomic mass is 19.1. The van der Waals surface area contributed by atoms with Crippen LogP contribution < -0.4 is 10.1 Å². The number of H-pyrrole nitrogens is 2. The van der Waals surface area contributed by atoms with Gasteiger partial charge in [0.05, 0.1) is 24.0 Å². The van der Waals surface area contributed by atoms with E-state index in [2.05, 4.69) is 37.6 Å². The monoisotopic (exact) mass is 442 g/mol. The number of piperidine rings is 1. The number of ether oxygens (including phenoxy) is 1. The van der Waals surface area contributed by atoms with Gasteiger partial charge in [0.2, 0.25) is 0 Å². The average molecular weight is 442 g/mol. The third kappa shape index (κ3) is 3.52. The number of aromatic amines is 2. The first-order valence-corrected chi connectivity index (χ1v) is 11.1. The first kappa shape index (κ1) is 19.9. The number of nitrogens with one attached hydrogen (secondary N) is 3. The first-order valence-electron chi connectivity index (χ1n) is 11.1. The number of hydrogen-bond donors (Lipinski definition) is 3. The lowest BCUT2D eigenvalue weighted by Gasteiger charge is -2.22. The summed E-state index contributed by atoms with van der Waals surface area (Å²) in [4.78, 5) is 13.0. The minimum absolute atomic E-state index is 0.369. The van der Waals surface area contributed by atoms with Crippen molar-refractivity contribution in [3.63, 3.8) is 0 Å². The van der Waals surface area contributed by atoms with Gasteiger partial charge < -0.3 is 15.0 Å². The second kappa shape index (κ2) is 7.97. The smallest absolute Gasteiger partial charge is 0.135 e. The lowest BCUT2D eigenvalue weighted by molar-refractivity contribution is 0.411. The Morgan fingerprint density at radius 1 is 1.00 bits per heavy atom. The first-order chi connectivity index (χ1) is 16.2. The van der Waals surface area contributed by atoms with Gasteiger partial charge in [0.15, 0.2) is 0 Å². The van der Waals surface area contributed by atoms with Crippen LogP contribution >= 0.6 is 0 Å². The van der Waals surface area contributed by atoms with Crippen LogP contribution in [0.25, 0.3) is 44.6 Å². The summed E-state index contributed by atoms with van der Waals surface area (Å²) in [7, 11) is 1.52. The quantitative estimate of drug-likeness (QED) is 0.373. The van der Waals surface area contributed by atoms with Crippen LogP contribution in [-0.2, 0) is 0 Å². The summed E-state index contributed by atoms with van der Waals surface area (Å²) in [6, 6.07) is 12.7. The molecule has 4 aromatic heterocycles. The van der Waals surface area contributed by atoms with Crippen molar-refractivity contribution in [2.75, 3.05) is 20.2 Å². The highest BCUT2D eigenvalue weighted by molar-refractivity contribution is 5.99. The molecule has 7 nitrogen and oxygen atoms in total. The highest BCUT2D eigenvalue weighted by Gasteiger charge is 2.20. The van der Waals surface area contributed by atoms with E-state index in [0.29, 0.717) is 22.9 Å². The van der Waals surface area contributed by atoms with E-state index in [1.165, 1.54) is 19.2 Å². The number of pyridine rings is 2. The molecular formula is C25H23FN6O. The fraction of sp³-hybridized carbons (Fsp3) is 0.240. The molecule has 6 rings (SSSR count). The molecule has 33 heavy (non-hydrogen) atoms. The molecule has 0 atom stereocenters. The fourth-order valence-electron chi connectivity index (χ4n) is 4.68. The molecule has 0 aliphatic carbocycles. The summed E-state index contributed by atoms with van der Waals surface area (Å²) >= 11 is 0. The van der Waals surface area contributed by atoms with Gasteiger partial charge in [0.1, 0.15) is 22.8 Å². The Balaban J connectivity index is 1.46. The van der Waals surface area contributed by atoms with Crippen molar-refractivity contribution in [3.05, 3.63) is 60.2 Å². The van der Waals surface area contributed by atoms with Crippen LogP contribution in [0.5, 0.6) is 5.75 Å². The Hall–Kier alpha value is -3.78. The van der Waals surface area contributed by atoms with Gasteiger partial charge in [0.25, 0.3) is 0 Å². The maximum Gasteiger partial charge on any atom is 0.135 e. The largest absolute Gasteiger partial charge is 0.497 e. The Labute approximate surface area is 189 Å². The molecule has 0 saturated carbocycles. The van der Waals surface area contributed by atoms with Gasteiger partial charge in [0, 0.05) is 40.3 Å². The summed E-state index contributed by atoms with van der Waals surface area (Å²) in [5.41, 5.74) is 6.68. The number of methoxy groups -OCH3 is 1. The summed E-state index contributed by atoms with van der Waals surface area (Å²) < 4.78 is 19.4. The van der Waals surface area contributed by atoms with E-state index >= 15 is 0 Å². The standard InChI is InChI=1S/C25H23FN6O/c1-33-17-11-15(10-16(26)12-17)23-18-13-22(29-20(18)6-9-28-23)25-24-21(31-32-25)3-2-19(30-24)14-4-7-27-8-5-14/h2-3,6,9-14,27,29H,4-5,7-8H2,1H3,(H,31,32). The van der Waals surface area contributed by atoms with Crippen LogP contribution in [0.15, 0.2) is 48.7 Å². The Kier molecular flexibility index (Phi) is 4.80. The molecule has 1 aliphatic rings. The van der Waals surface area contributed by atoms with Crippen molar-refractivity contribution in [1.29, 1.82) is 0 Å². The normalized spacial score (nSPS) is 14.8. The van der Waals surface area contributed by atoms with Gasteiger partial charge in [-0.05, 0) is 62.3 Å². The van der Waals surface area contributed by atoms with E-state index < -0.39 is 0 Å². The Morgan fingerprint density at radius 3 is 2.73 bits per heavy atom.